The number of halogens is 2. The number of benzene rings is 1. The second kappa shape index (κ2) is 13.1. The summed E-state index contributed by atoms with van der Waals surface area (Å²) in [4.78, 5) is 0. The Hall–Kier alpha value is -0.336. The van der Waals surface area contributed by atoms with E-state index in [1.165, 1.54) is 5.56 Å². The second-order valence-electron chi connectivity index (χ2n) is 5.56. The van der Waals surface area contributed by atoms with Crippen molar-refractivity contribution in [2.45, 2.75) is 46.5 Å². The van der Waals surface area contributed by atoms with Gasteiger partial charge in [0, 0.05) is 0 Å². The fourth-order valence-corrected chi connectivity index (χ4v) is 1.98. The molecule has 4 heteroatoms. The molecule has 0 spiro atoms. The molecule has 0 saturated carbocycles. The zero-order chi connectivity index (χ0) is 14.4. The first kappa shape index (κ1) is 26.6. The molecule has 0 heterocycles. The third kappa shape index (κ3) is 8.34. The van der Waals surface area contributed by atoms with Gasteiger partial charge in [-0.05, 0) is 23.0 Å². The predicted octanol–water partition coefficient (Wildman–Crippen LogP) is -0.642. The van der Waals surface area contributed by atoms with E-state index in [-0.39, 0.29) is 46.5 Å². The zero-order valence-corrected chi connectivity index (χ0v) is 17.0. The normalized spacial score (nSPS) is 9.05. The van der Waals surface area contributed by atoms with Gasteiger partial charge in [-0.15, -0.1) is 0 Å². The van der Waals surface area contributed by atoms with Gasteiger partial charge in [-0.3, -0.25) is 0 Å². The quantitative estimate of drug-likeness (QED) is 0.546. The van der Waals surface area contributed by atoms with Crippen LogP contribution in [0.25, 0.3) is 0 Å². The first-order valence-corrected chi connectivity index (χ1v) is 6.93. The van der Waals surface area contributed by atoms with E-state index in [1.807, 2.05) is 30.3 Å². The Labute approximate surface area is 162 Å². The summed E-state index contributed by atoms with van der Waals surface area (Å²) in [7, 11) is 0. The number of hydrogen-bond acceptors (Lipinski definition) is 1. The number of rotatable bonds is 2. The molecular weight excluding hydrogens is 351 g/mol. The van der Waals surface area contributed by atoms with E-state index < -0.39 is 0 Å². The zero-order valence-electron chi connectivity index (χ0n) is 13.9. The monoisotopic (exact) mass is 375 g/mol. The molecule has 1 N–H and O–H groups in total. The topological polar surface area (TPSA) is 20.2 Å². The van der Waals surface area contributed by atoms with Gasteiger partial charge in [0.25, 0.3) is 0 Å². The number of hydrogen-bond donors (Lipinski definition) is 1. The average Bonchev–Trinajstić information content (AvgIpc) is 2.80. The van der Waals surface area contributed by atoms with Gasteiger partial charge < -0.3 is 29.9 Å². The Kier molecular flexibility index (Phi) is 15.9. The fraction of sp³-hybridized carbons (Fsp3) is 0.389. The third-order valence-corrected chi connectivity index (χ3v) is 3.17. The molecule has 0 fully saturated rings. The molecule has 0 bridgehead atoms. The molecule has 0 amide bonds. The fourth-order valence-electron chi connectivity index (χ4n) is 1.98. The van der Waals surface area contributed by atoms with Crippen molar-refractivity contribution in [1.82, 2.24) is 0 Å². The van der Waals surface area contributed by atoms with E-state index in [9.17, 15) is 5.11 Å². The van der Waals surface area contributed by atoms with Crippen LogP contribution in [0.1, 0.15) is 56.2 Å². The molecule has 121 valence electrons. The van der Waals surface area contributed by atoms with Crippen molar-refractivity contribution in [3.8, 4) is 5.75 Å². The first-order chi connectivity index (χ1) is 8.93. The number of para-hydroxylation sites is 1. The van der Waals surface area contributed by atoms with E-state index in [0.717, 1.165) is 11.1 Å². The molecule has 1 radical (unpaired) electrons. The summed E-state index contributed by atoms with van der Waals surface area (Å²) < 4.78 is 0. The molecule has 2 rings (SSSR count). The molecular formula is C18H25Cl2OTi. The van der Waals surface area contributed by atoms with E-state index in [0.29, 0.717) is 17.6 Å². The number of phenols is 1. The van der Waals surface area contributed by atoms with Gasteiger partial charge in [0.05, 0.1) is 0 Å². The van der Waals surface area contributed by atoms with Crippen LogP contribution in [0.3, 0.4) is 0 Å². The van der Waals surface area contributed by atoms with Crippen LogP contribution in [0.2, 0.25) is 0 Å². The molecule has 2 aromatic rings. The van der Waals surface area contributed by atoms with Crippen molar-refractivity contribution in [1.29, 1.82) is 0 Å². The predicted molar refractivity (Wildman–Crippen MR) is 83.1 cm³/mol. The smallest absolute Gasteiger partial charge is 1.00 e. The maximum Gasteiger partial charge on any atom is 3.00 e. The van der Waals surface area contributed by atoms with Gasteiger partial charge in [0.15, 0.2) is 0 Å². The largest absolute Gasteiger partial charge is 3.00 e. The first-order valence-electron chi connectivity index (χ1n) is 6.93. The van der Waals surface area contributed by atoms with Gasteiger partial charge in [-0.2, -0.15) is 17.7 Å². The minimum absolute atomic E-state index is 0. The summed E-state index contributed by atoms with van der Waals surface area (Å²) in [5, 5.41) is 9.93. The van der Waals surface area contributed by atoms with Crippen LogP contribution in [0.5, 0.6) is 5.75 Å². The van der Waals surface area contributed by atoms with Crippen molar-refractivity contribution in [2.75, 3.05) is 0 Å². The van der Waals surface area contributed by atoms with Crippen LogP contribution in [-0.4, -0.2) is 5.11 Å². The van der Waals surface area contributed by atoms with Crippen LogP contribution in [0.4, 0.5) is 0 Å². The van der Waals surface area contributed by atoms with Crippen LogP contribution < -0.4 is 24.8 Å². The van der Waals surface area contributed by atoms with E-state index in [1.54, 1.807) is 0 Å². The molecule has 0 saturated heterocycles. The van der Waals surface area contributed by atoms with Crippen molar-refractivity contribution in [3.05, 3.63) is 59.2 Å². The van der Waals surface area contributed by atoms with E-state index in [4.69, 9.17) is 0 Å². The van der Waals surface area contributed by atoms with Crippen LogP contribution in [0.15, 0.2) is 42.5 Å². The minimum Gasteiger partial charge on any atom is -1.00 e. The maximum absolute atomic E-state index is 9.93. The molecule has 0 aliphatic carbocycles. The number of aryl methyl sites for hydroxylation is 1. The summed E-state index contributed by atoms with van der Waals surface area (Å²) in [5.41, 5.74) is 3.44. The van der Waals surface area contributed by atoms with Crippen LogP contribution in [-0.2, 0) is 21.7 Å². The Bertz CT molecular complexity index is 468. The summed E-state index contributed by atoms with van der Waals surface area (Å²) in [6.45, 7) is 10.5. The van der Waals surface area contributed by atoms with Crippen molar-refractivity contribution in [3.63, 3.8) is 0 Å². The minimum atomic E-state index is 0. The summed E-state index contributed by atoms with van der Waals surface area (Å²) in [6, 6.07) is 14.2. The van der Waals surface area contributed by atoms with Crippen LogP contribution >= 0.6 is 0 Å². The second-order valence-corrected chi connectivity index (χ2v) is 5.56. The summed E-state index contributed by atoms with van der Waals surface area (Å²) >= 11 is 0. The molecule has 2 aromatic carbocycles. The van der Waals surface area contributed by atoms with Gasteiger partial charge in [0.2, 0.25) is 0 Å². The SMILES string of the molecule is CC(C)c1cccc(C(C)C)c1O.C[c-]1cccc1.[Cl-].[Cl-].[Ti+3]. The average molecular weight is 376 g/mol. The molecule has 0 aromatic heterocycles. The standard InChI is InChI=1S/C12H18O.C6H7.2ClH.Ti/c1-8(2)10-6-5-7-11(9(3)4)12(10)13;1-6-4-2-3-5-6;;;/h5-9,13H,1-4H3;2-5H,1H3;2*1H;/q;-1;;;+3/p-2. The third-order valence-electron chi connectivity index (χ3n) is 3.17. The van der Waals surface area contributed by atoms with Gasteiger partial charge in [-0.25, -0.2) is 12.1 Å². The number of aromatic hydroxyl groups is 1. The van der Waals surface area contributed by atoms with Crippen molar-refractivity contribution in [2.24, 2.45) is 0 Å². The van der Waals surface area contributed by atoms with Crippen molar-refractivity contribution >= 4 is 0 Å². The maximum atomic E-state index is 9.93. The summed E-state index contributed by atoms with van der Waals surface area (Å²) in [5.74, 6) is 1.25. The molecule has 0 aliphatic rings. The Balaban J connectivity index is -0.000000346. The molecule has 0 aliphatic heterocycles. The van der Waals surface area contributed by atoms with Gasteiger partial charge in [-0.1, -0.05) is 52.8 Å². The Morgan fingerprint density at radius 3 is 1.41 bits per heavy atom. The van der Waals surface area contributed by atoms with Gasteiger partial charge >= 0.3 is 21.7 Å². The summed E-state index contributed by atoms with van der Waals surface area (Å²) in [6.07, 6.45) is 0. The van der Waals surface area contributed by atoms with E-state index >= 15 is 0 Å². The van der Waals surface area contributed by atoms with E-state index in [2.05, 4.69) is 46.8 Å². The van der Waals surface area contributed by atoms with Gasteiger partial charge in [0.1, 0.15) is 5.75 Å². The van der Waals surface area contributed by atoms with Crippen LogP contribution in [0, 0.1) is 6.92 Å². The number of phenolic OH excluding ortho intramolecular Hbond substituents is 1. The molecule has 1 nitrogen and oxygen atoms in total. The molecule has 22 heavy (non-hydrogen) atoms. The molecule has 0 unspecified atom stereocenters. The van der Waals surface area contributed by atoms with Crippen molar-refractivity contribution < 1.29 is 51.6 Å². The molecule has 0 atom stereocenters. The Morgan fingerprint density at radius 1 is 0.818 bits per heavy atom. The Morgan fingerprint density at radius 2 is 1.18 bits per heavy atom.